The van der Waals surface area contributed by atoms with E-state index in [0.717, 1.165) is 12.8 Å². The quantitative estimate of drug-likeness (QED) is 0.626. The van der Waals surface area contributed by atoms with Crippen molar-refractivity contribution in [3.63, 3.8) is 0 Å². The van der Waals surface area contributed by atoms with E-state index in [9.17, 15) is 9.59 Å². The van der Waals surface area contributed by atoms with Crippen LogP contribution in [0.3, 0.4) is 0 Å². The lowest BCUT2D eigenvalue weighted by Gasteiger charge is -2.20. The van der Waals surface area contributed by atoms with Crippen LogP contribution in [0, 0.1) is 0 Å². The van der Waals surface area contributed by atoms with Crippen LogP contribution in [0.4, 0.5) is 5.69 Å². The van der Waals surface area contributed by atoms with E-state index >= 15 is 0 Å². The Morgan fingerprint density at radius 3 is 2.59 bits per heavy atom. The van der Waals surface area contributed by atoms with Gasteiger partial charge in [-0.05, 0) is 28.4 Å². The van der Waals surface area contributed by atoms with E-state index in [4.69, 9.17) is 9.47 Å². The molecule has 0 fully saturated rings. The van der Waals surface area contributed by atoms with Gasteiger partial charge < -0.3 is 14.8 Å². The van der Waals surface area contributed by atoms with Crippen molar-refractivity contribution in [2.75, 3.05) is 18.5 Å². The third-order valence-corrected chi connectivity index (χ3v) is 5.34. The molecule has 29 heavy (non-hydrogen) atoms. The third-order valence-electron chi connectivity index (χ3n) is 4.69. The fraction of sp³-hybridized carbons (Fsp3) is 0.286. The first kappa shape index (κ1) is 19.4. The predicted molar refractivity (Wildman–Crippen MR) is 114 cm³/mol. The van der Waals surface area contributed by atoms with Gasteiger partial charge in [0.15, 0.2) is 17.2 Å². The van der Waals surface area contributed by atoms with Crippen LogP contribution in [0.2, 0.25) is 0 Å². The zero-order valence-electron chi connectivity index (χ0n) is 15.9. The molecule has 0 spiro atoms. The minimum Gasteiger partial charge on any atom is -0.486 e. The Morgan fingerprint density at radius 1 is 1.17 bits per heavy atom. The number of hydrogen-bond donors (Lipinski definition) is 1. The lowest BCUT2D eigenvalue weighted by molar-refractivity contribution is 0.102. The fourth-order valence-corrected chi connectivity index (χ4v) is 3.63. The maximum absolute atomic E-state index is 13.1. The van der Waals surface area contributed by atoms with Crippen LogP contribution in [0.5, 0.6) is 11.5 Å². The molecule has 1 aromatic heterocycles. The SMILES string of the molecule is CCCCn1nc(C(=O)Nc2cc3c(cc2Br)OCCO3)c2ccccc2c1=O. The van der Waals surface area contributed by atoms with Gasteiger partial charge in [-0.2, -0.15) is 5.10 Å². The monoisotopic (exact) mass is 457 g/mol. The zero-order valence-corrected chi connectivity index (χ0v) is 17.5. The maximum Gasteiger partial charge on any atom is 0.276 e. The highest BCUT2D eigenvalue weighted by Gasteiger charge is 2.20. The maximum atomic E-state index is 13.1. The molecule has 1 aliphatic rings. The van der Waals surface area contributed by atoms with Crippen LogP contribution in [-0.4, -0.2) is 28.9 Å². The van der Waals surface area contributed by atoms with Gasteiger partial charge >= 0.3 is 0 Å². The molecule has 7 nitrogen and oxygen atoms in total. The van der Waals surface area contributed by atoms with Crippen molar-refractivity contribution in [1.82, 2.24) is 9.78 Å². The Morgan fingerprint density at radius 2 is 1.86 bits per heavy atom. The molecule has 1 amide bonds. The number of benzene rings is 2. The van der Waals surface area contributed by atoms with E-state index < -0.39 is 5.91 Å². The van der Waals surface area contributed by atoms with Crippen LogP contribution >= 0.6 is 15.9 Å². The Bertz CT molecular complexity index is 1140. The van der Waals surface area contributed by atoms with Crippen LogP contribution in [-0.2, 0) is 6.54 Å². The zero-order chi connectivity index (χ0) is 20.4. The summed E-state index contributed by atoms with van der Waals surface area (Å²) in [5.41, 5.74) is 0.556. The molecule has 0 aliphatic carbocycles. The van der Waals surface area contributed by atoms with Gasteiger partial charge in [0, 0.05) is 28.5 Å². The second kappa shape index (κ2) is 8.24. The highest BCUT2D eigenvalue weighted by molar-refractivity contribution is 9.10. The fourth-order valence-electron chi connectivity index (χ4n) is 3.20. The number of anilines is 1. The molecule has 2 heterocycles. The molecule has 0 saturated carbocycles. The second-order valence-electron chi connectivity index (χ2n) is 6.71. The number of carbonyl (C=O) groups is 1. The number of aromatic nitrogens is 2. The molecule has 1 N–H and O–H groups in total. The number of carbonyl (C=O) groups excluding carboxylic acids is 1. The summed E-state index contributed by atoms with van der Waals surface area (Å²) in [5, 5.41) is 8.25. The number of fused-ring (bicyclic) bond motifs is 2. The number of hydrogen-bond acceptors (Lipinski definition) is 5. The molecule has 3 aromatic rings. The number of ether oxygens (including phenoxy) is 2. The van der Waals surface area contributed by atoms with Gasteiger partial charge in [-0.3, -0.25) is 9.59 Å². The number of aryl methyl sites for hydroxylation is 1. The van der Waals surface area contributed by atoms with E-state index in [1.165, 1.54) is 4.68 Å². The molecule has 0 atom stereocenters. The summed E-state index contributed by atoms with van der Waals surface area (Å²) >= 11 is 3.46. The minimum atomic E-state index is -0.399. The first-order chi connectivity index (χ1) is 14.1. The summed E-state index contributed by atoms with van der Waals surface area (Å²) in [5.74, 6) is 0.794. The number of unbranched alkanes of at least 4 members (excludes halogenated alkanes) is 1. The standard InChI is InChI=1S/C21H20BrN3O4/c1-2-3-8-25-21(27)14-7-5-4-6-13(14)19(24-25)20(26)23-16-12-18-17(11-15(16)22)28-9-10-29-18/h4-7,11-12H,2-3,8-10H2,1H3,(H,23,26). The Balaban J connectivity index is 1.74. The smallest absolute Gasteiger partial charge is 0.276 e. The average Bonchev–Trinajstić information content (AvgIpc) is 2.74. The van der Waals surface area contributed by atoms with E-state index in [-0.39, 0.29) is 11.3 Å². The normalized spacial score (nSPS) is 12.8. The number of nitrogens with one attached hydrogen (secondary N) is 1. The predicted octanol–water partition coefficient (Wildman–Crippen LogP) is 3.98. The molecular formula is C21H20BrN3O4. The van der Waals surface area contributed by atoms with Crippen LogP contribution in [0.1, 0.15) is 30.3 Å². The lowest BCUT2D eigenvalue weighted by atomic mass is 10.1. The van der Waals surface area contributed by atoms with Gasteiger partial charge in [0.2, 0.25) is 0 Å². The van der Waals surface area contributed by atoms with Crippen molar-refractivity contribution in [3.05, 3.63) is 56.9 Å². The van der Waals surface area contributed by atoms with E-state index in [2.05, 4.69) is 26.3 Å². The highest BCUT2D eigenvalue weighted by atomic mass is 79.9. The molecule has 4 rings (SSSR count). The Labute approximate surface area is 175 Å². The van der Waals surface area contributed by atoms with Gasteiger partial charge in [0.25, 0.3) is 11.5 Å². The molecule has 150 valence electrons. The summed E-state index contributed by atoms with van der Waals surface area (Å²) in [6.07, 6.45) is 1.73. The third kappa shape index (κ3) is 3.85. The van der Waals surface area contributed by atoms with Crippen LogP contribution in [0.25, 0.3) is 10.8 Å². The molecule has 8 heteroatoms. The van der Waals surface area contributed by atoms with E-state index in [1.54, 1.807) is 36.4 Å². The van der Waals surface area contributed by atoms with Gasteiger partial charge in [0.1, 0.15) is 13.2 Å². The molecule has 0 radical (unpaired) electrons. The summed E-state index contributed by atoms with van der Waals surface area (Å²) in [6, 6.07) is 10.5. The summed E-state index contributed by atoms with van der Waals surface area (Å²) < 4.78 is 13.2. The highest BCUT2D eigenvalue weighted by Crippen LogP contribution is 2.38. The van der Waals surface area contributed by atoms with Crippen molar-refractivity contribution >= 4 is 38.3 Å². The number of rotatable bonds is 5. The average molecular weight is 458 g/mol. The largest absolute Gasteiger partial charge is 0.486 e. The Kier molecular flexibility index (Phi) is 5.53. The summed E-state index contributed by atoms with van der Waals surface area (Å²) in [6.45, 7) is 3.45. The van der Waals surface area contributed by atoms with E-state index in [1.807, 2.05) is 6.92 Å². The summed E-state index contributed by atoms with van der Waals surface area (Å²) in [7, 11) is 0. The van der Waals surface area contributed by atoms with Crippen molar-refractivity contribution in [1.29, 1.82) is 0 Å². The number of amides is 1. The molecule has 2 aromatic carbocycles. The first-order valence-electron chi connectivity index (χ1n) is 9.49. The van der Waals surface area contributed by atoms with Crippen molar-refractivity contribution in [3.8, 4) is 11.5 Å². The van der Waals surface area contributed by atoms with Gasteiger partial charge in [-0.1, -0.05) is 31.5 Å². The Hall–Kier alpha value is -2.87. The number of nitrogens with zero attached hydrogens (tertiary/aromatic N) is 2. The molecule has 0 bridgehead atoms. The van der Waals surface area contributed by atoms with Crippen molar-refractivity contribution in [2.24, 2.45) is 0 Å². The van der Waals surface area contributed by atoms with Gasteiger partial charge in [-0.25, -0.2) is 4.68 Å². The number of halogens is 1. The molecule has 1 aliphatic heterocycles. The molecule has 0 saturated heterocycles. The van der Waals surface area contributed by atoms with Crippen molar-refractivity contribution in [2.45, 2.75) is 26.3 Å². The minimum absolute atomic E-state index is 0.189. The van der Waals surface area contributed by atoms with E-state index in [0.29, 0.717) is 52.2 Å². The van der Waals surface area contributed by atoms with Crippen molar-refractivity contribution < 1.29 is 14.3 Å². The first-order valence-corrected chi connectivity index (χ1v) is 10.3. The lowest BCUT2D eigenvalue weighted by Crippen LogP contribution is -2.27. The molecule has 0 unspecified atom stereocenters. The molecular weight excluding hydrogens is 438 g/mol. The van der Waals surface area contributed by atoms with Gasteiger partial charge in [-0.15, -0.1) is 0 Å². The topological polar surface area (TPSA) is 82.5 Å². The summed E-state index contributed by atoms with van der Waals surface area (Å²) in [4.78, 5) is 25.8. The second-order valence-corrected chi connectivity index (χ2v) is 7.56. The van der Waals surface area contributed by atoms with Crippen LogP contribution < -0.4 is 20.3 Å². The van der Waals surface area contributed by atoms with Crippen LogP contribution in [0.15, 0.2) is 45.7 Å². The van der Waals surface area contributed by atoms with Gasteiger partial charge in [0.05, 0.1) is 11.1 Å².